The average Bonchev–Trinajstić information content (AvgIpc) is 3.82. The second-order valence-electron chi connectivity index (χ2n) is 15.2. The van der Waals surface area contributed by atoms with E-state index in [9.17, 15) is 0 Å². The standard InChI is InChI=1S/C54H35NO2Si/c1-2-14-36(15-3-1)37-28-30-38(31-29-37)39-32-34-40(35-33-39)55(44-19-12-23-48-53(44)43-18-4-7-21-46(43)56-48)45-20-13-27-52-54(45)57-47-22-8-11-26-51(47)58(52)49-24-9-5-16-41(49)42-17-6-10-25-50(42)58/h1-35H. The maximum absolute atomic E-state index is 7.24. The summed E-state index contributed by atoms with van der Waals surface area (Å²) < 4.78 is 13.7. The Kier molecular flexibility index (Phi) is 7.25. The van der Waals surface area contributed by atoms with Crippen molar-refractivity contribution in [3.8, 4) is 44.9 Å². The number of hydrogen-bond donors (Lipinski definition) is 0. The van der Waals surface area contributed by atoms with Crippen LogP contribution in [0.1, 0.15) is 0 Å². The van der Waals surface area contributed by atoms with E-state index in [1.807, 2.05) is 6.07 Å². The van der Waals surface area contributed by atoms with Gasteiger partial charge in [-0.15, -0.1) is 0 Å². The van der Waals surface area contributed by atoms with Crippen LogP contribution >= 0.6 is 0 Å². The Hall–Kier alpha value is -7.40. The summed E-state index contributed by atoms with van der Waals surface area (Å²) in [5, 5.41) is 7.49. The maximum atomic E-state index is 7.24. The van der Waals surface area contributed by atoms with Gasteiger partial charge in [0.2, 0.25) is 0 Å². The molecule has 58 heavy (non-hydrogen) atoms. The summed E-state index contributed by atoms with van der Waals surface area (Å²) in [6, 6.07) is 76.6. The normalized spacial score (nSPS) is 13.1. The van der Waals surface area contributed by atoms with Crippen LogP contribution in [0.25, 0.3) is 55.3 Å². The zero-order valence-electron chi connectivity index (χ0n) is 31.5. The third-order valence-electron chi connectivity index (χ3n) is 12.2. The number of rotatable bonds is 5. The molecule has 0 saturated carbocycles. The van der Waals surface area contributed by atoms with E-state index in [0.29, 0.717) is 0 Å². The SMILES string of the molecule is c1ccc(-c2ccc(-c3ccc(N(c4cccc5c4Oc4ccccc4[Si]54c5ccccc5-c5ccccc54)c4cccc5oc6ccccc6c45)cc3)cc2)cc1. The highest BCUT2D eigenvalue weighted by molar-refractivity contribution is 7.23. The molecule has 2 aliphatic heterocycles. The Balaban J connectivity index is 1.09. The van der Waals surface area contributed by atoms with Gasteiger partial charge < -0.3 is 14.1 Å². The Bertz CT molecular complexity index is 3160. The largest absolute Gasteiger partial charge is 0.456 e. The molecule has 0 radical (unpaired) electrons. The molecule has 0 unspecified atom stereocenters. The fourth-order valence-corrected chi connectivity index (χ4v) is 15.1. The van der Waals surface area contributed by atoms with Crippen LogP contribution < -0.4 is 30.4 Å². The molecular formula is C54H35NO2Si. The summed E-state index contributed by atoms with van der Waals surface area (Å²) in [4.78, 5) is 2.38. The molecule has 9 aromatic carbocycles. The van der Waals surface area contributed by atoms with Crippen LogP contribution in [0.5, 0.6) is 11.5 Å². The second-order valence-corrected chi connectivity index (χ2v) is 18.8. The molecule has 1 aromatic heterocycles. The molecule has 0 fully saturated rings. The minimum Gasteiger partial charge on any atom is -0.456 e. The number of hydrogen-bond acceptors (Lipinski definition) is 3. The van der Waals surface area contributed by atoms with Crippen LogP contribution in [0.4, 0.5) is 17.1 Å². The zero-order chi connectivity index (χ0) is 38.2. The molecule has 0 bridgehead atoms. The van der Waals surface area contributed by atoms with E-state index in [4.69, 9.17) is 9.15 Å². The van der Waals surface area contributed by atoms with Crippen LogP contribution in [0.3, 0.4) is 0 Å². The highest BCUT2D eigenvalue weighted by Gasteiger charge is 2.54. The van der Waals surface area contributed by atoms with Gasteiger partial charge in [0.05, 0.1) is 16.8 Å². The van der Waals surface area contributed by atoms with Crippen molar-refractivity contribution in [3.05, 3.63) is 212 Å². The molecule has 4 heteroatoms. The monoisotopic (exact) mass is 757 g/mol. The van der Waals surface area contributed by atoms with E-state index in [2.05, 4.69) is 211 Å². The predicted molar refractivity (Wildman–Crippen MR) is 242 cm³/mol. The van der Waals surface area contributed by atoms with Gasteiger partial charge in [0, 0.05) is 11.1 Å². The van der Waals surface area contributed by atoms with Crippen molar-refractivity contribution >= 4 is 67.8 Å². The Morgan fingerprint density at radius 2 is 0.879 bits per heavy atom. The van der Waals surface area contributed by atoms with Crippen LogP contribution in [0.15, 0.2) is 217 Å². The number of anilines is 3. The lowest BCUT2D eigenvalue weighted by atomic mass is 10.00. The predicted octanol–water partition coefficient (Wildman–Crippen LogP) is 11.9. The van der Waals surface area contributed by atoms with Gasteiger partial charge in [-0.25, -0.2) is 0 Å². The highest BCUT2D eigenvalue weighted by atomic mass is 28.3. The smallest absolute Gasteiger partial charge is 0.189 e. The van der Waals surface area contributed by atoms with Gasteiger partial charge in [-0.1, -0.05) is 170 Å². The third kappa shape index (κ3) is 4.73. The van der Waals surface area contributed by atoms with E-state index in [-0.39, 0.29) is 0 Å². The summed E-state index contributed by atoms with van der Waals surface area (Å²) in [6.45, 7) is 0. The molecule has 3 nitrogen and oxygen atoms in total. The summed E-state index contributed by atoms with van der Waals surface area (Å²) >= 11 is 0. The van der Waals surface area contributed by atoms with Crippen LogP contribution in [0, 0.1) is 0 Å². The molecule has 272 valence electrons. The minimum atomic E-state index is -2.82. The highest BCUT2D eigenvalue weighted by Crippen LogP contribution is 2.48. The van der Waals surface area contributed by atoms with Crippen molar-refractivity contribution in [1.29, 1.82) is 0 Å². The van der Waals surface area contributed by atoms with E-state index in [0.717, 1.165) is 56.1 Å². The van der Waals surface area contributed by atoms with Crippen molar-refractivity contribution in [2.24, 2.45) is 0 Å². The van der Waals surface area contributed by atoms with Crippen LogP contribution in [0.2, 0.25) is 0 Å². The first-order valence-corrected chi connectivity index (χ1v) is 21.8. The Morgan fingerprint density at radius 3 is 1.60 bits per heavy atom. The van der Waals surface area contributed by atoms with Crippen molar-refractivity contribution in [3.63, 3.8) is 0 Å². The lowest BCUT2D eigenvalue weighted by Gasteiger charge is -2.39. The second kappa shape index (κ2) is 12.8. The average molecular weight is 758 g/mol. The first-order valence-electron chi connectivity index (χ1n) is 19.8. The summed E-state index contributed by atoms with van der Waals surface area (Å²) in [7, 11) is -2.82. The van der Waals surface area contributed by atoms with Crippen LogP contribution in [-0.2, 0) is 0 Å². The van der Waals surface area contributed by atoms with Gasteiger partial charge in [0.15, 0.2) is 13.8 Å². The van der Waals surface area contributed by atoms with E-state index >= 15 is 0 Å². The molecule has 10 aromatic rings. The molecule has 0 aliphatic carbocycles. The summed E-state index contributed by atoms with van der Waals surface area (Å²) in [5.74, 6) is 1.81. The number of furan rings is 1. The topological polar surface area (TPSA) is 25.6 Å². The Morgan fingerprint density at radius 1 is 0.362 bits per heavy atom. The molecule has 0 saturated heterocycles. The molecule has 3 heterocycles. The number of nitrogens with zero attached hydrogens (tertiary/aromatic N) is 1. The number of fused-ring (bicyclic) bond motifs is 12. The number of ether oxygens (including phenoxy) is 1. The van der Waals surface area contributed by atoms with Gasteiger partial charge >= 0.3 is 0 Å². The molecule has 0 atom stereocenters. The molecule has 12 rings (SSSR count). The lowest BCUT2D eigenvalue weighted by Crippen LogP contribution is -2.74. The van der Waals surface area contributed by atoms with E-state index in [1.165, 1.54) is 48.6 Å². The lowest BCUT2D eigenvalue weighted by molar-refractivity contribution is 0.488. The van der Waals surface area contributed by atoms with Gasteiger partial charge in [0.1, 0.15) is 16.9 Å². The van der Waals surface area contributed by atoms with Gasteiger partial charge in [-0.05, 0) is 96.6 Å². The fraction of sp³-hybridized carbons (Fsp3) is 0. The first kappa shape index (κ1) is 32.8. The van der Waals surface area contributed by atoms with Crippen molar-refractivity contribution in [2.45, 2.75) is 0 Å². The summed E-state index contributed by atoms with van der Waals surface area (Å²) in [6.07, 6.45) is 0. The van der Waals surface area contributed by atoms with Crippen molar-refractivity contribution in [1.82, 2.24) is 0 Å². The van der Waals surface area contributed by atoms with Gasteiger partial charge in [-0.2, -0.15) is 0 Å². The Labute approximate surface area is 337 Å². The molecule has 2 aliphatic rings. The third-order valence-corrected chi connectivity index (χ3v) is 17.1. The minimum absolute atomic E-state index is 0.847. The number of para-hydroxylation sites is 3. The van der Waals surface area contributed by atoms with E-state index in [1.54, 1.807) is 0 Å². The zero-order valence-corrected chi connectivity index (χ0v) is 32.5. The molecule has 0 amide bonds. The first-order chi connectivity index (χ1) is 28.8. The van der Waals surface area contributed by atoms with Crippen molar-refractivity contribution < 1.29 is 9.15 Å². The fourth-order valence-electron chi connectivity index (χ4n) is 9.68. The summed E-state index contributed by atoms with van der Waals surface area (Å²) in [5.41, 5.74) is 12.1. The maximum Gasteiger partial charge on any atom is 0.189 e. The quantitative estimate of drug-likeness (QED) is 0.164. The van der Waals surface area contributed by atoms with Gasteiger partial charge in [0.25, 0.3) is 0 Å². The molecule has 1 spiro atoms. The van der Waals surface area contributed by atoms with E-state index < -0.39 is 8.07 Å². The van der Waals surface area contributed by atoms with Crippen LogP contribution in [-0.4, -0.2) is 8.07 Å². The molecule has 0 N–H and O–H groups in total. The van der Waals surface area contributed by atoms with Gasteiger partial charge in [-0.3, -0.25) is 0 Å². The molecular weight excluding hydrogens is 723 g/mol. The number of benzene rings is 9. The van der Waals surface area contributed by atoms with Crippen molar-refractivity contribution in [2.75, 3.05) is 4.90 Å².